The lowest BCUT2D eigenvalue weighted by Gasteiger charge is -2.33. The van der Waals surface area contributed by atoms with Crippen molar-refractivity contribution in [2.45, 2.75) is 51.6 Å². The first kappa shape index (κ1) is 15.8. The number of rotatable bonds is 5. The molecule has 1 aromatic carbocycles. The van der Waals surface area contributed by atoms with Gasteiger partial charge in [0, 0.05) is 17.8 Å². The van der Waals surface area contributed by atoms with Gasteiger partial charge < -0.3 is 19.5 Å². The van der Waals surface area contributed by atoms with Gasteiger partial charge in [0.15, 0.2) is 11.5 Å². The SMILES string of the molecule is COc1ccc(NC2CC(C)OC(C)C2)cc1OC(F)F. The van der Waals surface area contributed by atoms with Gasteiger partial charge in [0.1, 0.15) is 0 Å². The van der Waals surface area contributed by atoms with Gasteiger partial charge >= 0.3 is 6.61 Å². The molecule has 1 aromatic rings. The highest BCUT2D eigenvalue weighted by Gasteiger charge is 2.24. The third kappa shape index (κ3) is 4.46. The Morgan fingerprint density at radius 1 is 1.19 bits per heavy atom. The Kier molecular flexibility index (Phi) is 5.22. The minimum absolute atomic E-state index is 0.0330. The van der Waals surface area contributed by atoms with Gasteiger partial charge in [-0.15, -0.1) is 0 Å². The van der Waals surface area contributed by atoms with Crippen molar-refractivity contribution in [3.63, 3.8) is 0 Å². The van der Waals surface area contributed by atoms with Crippen LogP contribution in [0.4, 0.5) is 14.5 Å². The fourth-order valence-corrected chi connectivity index (χ4v) is 2.71. The molecular weight excluding hydrogens is 280 g/mol. The minimum atomic E-state index is -2.88. The fraction of sp³-hybridized carbons (Fsp3) is 0.600. The predicted octanol–water partition coefficient (Wildman–Crippen LogP) is 3.66. The molecule has 0 saturated carbocycles. The number of methoxy groups -OCH3 is 1. The maximum Gasteiger partial charge on any atom is 0.387 e. The van der Waals surface area contributed by atoms with Crippen LogP contribution in [-0.4, -0.2) is 32.0 Å². The van der Waals surface area contributed by atoms with Crippen molar-refractivity contribution in [3.05, 3.63) is 18.2 Å². The Labute approximate surface area is 123 Å². The van der Waals surface area contributed by atoms with E-state index in [1.807, 2.05) is 13.8 Å². The van der Waals surface area contributed by atoms with Crippen molar-refractivity contribution < 1.29 is 23.0 Å². The van der Waals surface area contributed by atoms with Crippen LogP contribution in [0.2, 0.25) is 0 Å². The summed E-state index contributed by atoms with van der Waals surface area (Å²) in [5.41, 5.74) is 0.734. The van der Waals surface area contributed by atoms with Gasteiger partial charge in [-0.2, -0.15) is 8.78 Å². The highest BCUT2D eigenvalue weighted by molar-refractivity contribution is 5.55. The van der Waals surface area contributed by atoms with Crippen LogP contribution in [0.5, 0.6) is 11.5 Å². The second-order valence-electron chi connectivity index (χ2n) is 5.31. The molecule has 6 heteroatoms. The summed E-state index contributed by atoms with van der Waals surface area (Å²) in [6, 6.07) is 5.20. The van der Waals surface area contributed by atoms with Gasteiger partial charge in [-0.25, -0.2) is 0 Å². The summed E-state index contributed by atoms with van der Waals surface area (Å²) in [5.74, 6) is 0.320. The first-order valence-electron chi connectivity index (χ1n) is 7.02. The molecule has 0 radical (unpaired) electrons. The number of ether oxygens (including phenoxy) is 3. The molecule has 1 aliphatic rings. The van der Waals surface area contributed by atoms with E-state index >= 15 is 0 Å². The number of alkyl halides is 2. The van der Waals surface area contributed by atoms with Crippen LogP contribution in [-0.2, 0) is 4.74 Å². The van der Waals surface area contributed by atoms with E-state index < -0.39 is 6.61 Å². The molecule has 1 fully saturated rings. The van der Waals surface area contributed by atoms with Gasteiger partial charge in [-0.05, 0) is 38.8 Å². The second kappa shape index (κ2) is 6.93. The number of halogens is 2. The van der Waals surface area contributed by atoms with Crippen LogP contribution >= 0.6 is 0 Å². The summed E-state index contributed by atoms with van der Waals surface area (Å²) in [7, 11) is 1.42. The average Bonchev–Trinajstić information content (AvgIpc) is 2.37. The zero-order valence-corrected chi connectivity index (χ0v) is 12.4. The standard InChI is InChI=1S/C15H21F2NO3/c1-9-6-12(7-10(2)20-9)18-11-4-5-13(19-3)14(8-11)21-15(16)17/h4-5,8-10,12,15,18H,6-7H2,1-3H3. The Bertz CT molecular complexity index is 460. The van der Waals surface area contributed by atoms with Gasteiger partial charge in [0.05, 0.1) is 19.3 Å². The van der Waals surface area contributed by atoms with Crippen LogP contribution in [0.3, 0.4) is 0 Å². The van der Waals surface area contributed by atoms with Gasteiger partial charge in [-0.3, -0.25) is 0 Å². The topological polar surface area (TPSA) is 39.7 Å². The lowest BCUT2D eigenvalue weighted by atomic mass is 9.99. The van der Waals surface area contributed by atoms with Crippen LogP contribution in [0.1, 0.15) is 26.7 Å². The van der Waals surface area contributed by atoms with Gasteiger partial charge in [0.25, 0.3) is 0 Å². The summed E-state index contributed by atoms with van der Waals surface area (Å²) in [4.78, 5) is 0. The Morgan fingerprint density at radius 2 is 1.86 bits per heavy atom. The smallest absolute Gasteiger partial charge is 0.387 e. The van der Waals surface area contributed by atoms with Crippen molar-refractivity contribution in [1.82, 2.24) is 0 Å². The normalized spacial score (nSPS) is 25.7. The Morgan fingerprint density at radius 3 is 2.43 bits per heavy atom. The third-order valence-corrected chi connectivity index (χ3v) is 3.45. The van der Waals surface area contributed by atoms with Crippen LogP contribution in [0.25, 0.3) is 0 Å². The molecule has 0 bridgehead atoms. The van der Waals surface area contributed by atoms with E-state index in [9.17, 15) is 8.78 Å². The highest BCUT2D eigenvalue weighted by atomic mass is 19.3. The van der Waals surface area contributed by atoms with Crippen molar-refractivity contribution >= 4 is 5.69 Å². The van der Waals surface area contributed by atoms with Crippen molar-refractivity contribution in [3.8, 4) is 11.5 Å². The number of anilines is 1. The Hall–Kier alpha value is -1.56. The second-order valence-corrected chi connectivity index (χ2v) is 5.31. The maximum atomic E-state index is 12.4. The van der Waals surface area contributed by atoms with E-state index in [2.05, 4.69) is 10.1 Å². The number of hydrogen-bond acceptors (Lipinski definition) is 4. The van der Waals surface area contributed by atoms with E-state index in [1.54, 1.807) is 12.1 Å². The molecule has 2 atom stereocenters. The van der Waals surface area contributed by atoms with Gasteiger partial charge in [0.2, 0.25) is 0 Å². The molecule has 118 valence electrons. The zero-order chi connectivity index (χ0) is 15.4. The average molecular weight is 301 g/mol. The van der Waals surface area contributed by atoms with E-state index in [0.29, 0.717) is 0 Å². The van der Waals surface area contributed by atoms with Gasteiger partial charge in [-0.1, -0.05) is 0 Å². The molecule has 21 heavy (non-hydrogen) atoms. The van der Waals surface area contributed by atoms with Crippen LogP contribution in [0.15, 0.2) is 18.2 Å². The molecule has 2 unspecified atom stereocenters. The summed E-state index contributed by atoms with van der Waals surface area (Å²) in [6.45, 7) is 1.19. The lowest BCUT2D eigenvalue weighted by molar-refractivity contribution is -0.0511. The molecule has 1 saturated heterocycles. The summed E-state index contributed by atoms with van der Waals surface area (Å²) in [6.07, 6.45) is 2.12. The summed E-state index contributed by atoms with van der Waals surface area (Å²) in [5, 5.41) is 3.35. The molecule has 0 aromatic heterocycles. The van der Waals surface area contributed by atoms with Crippen LogP contribution < -0.4 is 14.8 Å². The van der Waals surface area contributed by atoms with E-state index in [4.69, 9.17) is 9.47 Å². The summed E-state index contributed by atoms with van der Waals surface area (Å²) < 4.78 is 40.0. The molecular formula is C15H21F2NO3. The first-order chi connectivity index (χ1) is 9.97. The van der Waals surface area contributed by atoms with Crippen LogP contribution in [0, 0.1) is 0 Å². The van der Waals surface area contributed by atoms with Crippen molar-refractivity contribution in [2.24, 2.45) is 0 Å². The molecule has 0 aliphatic carbocycles. The Balaban J connectivity index is 2.09. The molecule has 1 heterocycles. The summed E-state index contributed by atoms with van der Waals surface area (Å²) >= 11 is 0. The molecule has 0 spiro atoms. The van der Waals surface area contributed by atoms with Crippen molar-refractivity contribution in [1.29, 1.82) is 0 Å². The lowest BCUT2D eigenvalue weighted by Crippen LogP contribution is -2.36. The predicted molar refractivity (Wildman–Crippen MR) is 76.3 cm³/mol. The quantitative estimate of drug-likeness (QED) is 0.901. The molecule has 0 amide bonds. The van der Waals surface area contributed by atoms with E-state index in [0.717, 1.165) is 18.5 Å². The number of hydrogen-bond donors (Lipinski definition) is 1. The maximum absolute atomic E-state index is 12.4. The third-order valence-electron chi connectivity index (χ3n) is 3.45. The molecule has 1 N–H and O–H groups in total. The number of benzene rings is 1. The molecule has 2 rings (SSSR count). The molecule has 1 aliphatic heterocycles. The van der Waals surface area contributed by atoms with Crippen molar-refractivity contribution in [2.75, 3.05) is 12.4 Å². The zero-order valence-electron chi connectivity index (χ0n) is 12.4. The minimum Gasteiger partial charge on any atom is -0.493 e. The highest BCUT2D eigenvalue weighted by Crippen LogP contribution is 2.32. The monoisotopic (exact) mass is 301 g/mol. The van der Waals surface area contributed by atoms with E-state index in [-0.39, 0.29) is 29.7 Å². The largest absolute Gasteiger partial charge is 0.493 e. The molecule has 4 nitrogen and oxygen atoms in total. The number of nitrogens with one attached hydrogen (secondary N) is 1. The first-order valence-corrected chi connectivity index (χ1v) is 7.02. The van der Waals surface area contributed by atoms with E-state index in [1.165, 1.54) is 13.2 Å². The fourth-order valence-electron chi connectivity index (χ4n) is 2.71.